The number of benzene rings is 2. The predicted molar refractivity (Wildman–Crippen MR) is 159 cm³/mol. The highest BCUT2D eigenvalue weighted by Gasteiger charge is 2.33. The van der Waals surface area contributed by atoms with E-state index < -0.39 is 6.10 Å². The molecule has 1 amide bonds. The molecular weight excluding hydrogens is 550 g/mol. The molecule has 40 heavy (non-hydrogen) atoms. The van der Waals surface area contributed by atoms with Crippen molar-refractivity contribution in [2.24, 2.45) is 4.99 Å². The van der Waals surface area contributed by atoms with Gasteiger partial charge in [0, 0.05) is 37.6 Å². The molecule has 0 aliphatic carbocycles. The molecule has 208 valence electrons. The summed E-state index contributed by atoms with van der Waals surface area (Å²) in [5.74, 6) is 2.01. The van der Waals surface area contributed by atoms with Crippen molar-refractivity contribution in [1.82, 2.24) is 19.8 Å². The minimum Gasteiger partial charge on any atom is -0.485 e. The number of carbonyl (C=O) groups excluding carboxylic acids is 1. The number of rotatable bonds is 3. The minimum absolute atomic E-state index is 0.107. The number of hydrogen-bond acceptors (Lipinski definition) is 6. The van der Waals surface area contributed by atoms with Crippen molar-refractivity contribution in [1.29, 1.82) is 0 Å². The van der Waals surface area contributed by atoms with E-state index in [1.165, 1.54) is 0 Å². The van der Waals surface area contributed by atoms with Crippen LogP contribution in [-0.2, 0) is 4.79 Å². The van der Waals surface area contributed by atoms with E-state index in [-0.39, 0.29) is 17.6 Å². The molecule has 2 aromatic carbocycles. The molecule has 1 atom stereocenters. The van der Waals surface area contributed by atoms with Crippen molar-refractivity contribution < 1.29 is 14.3 Å². The summed E-state index contributed by atoms with van der Waals surface area (Å²) in [7, 11) is 0. The molecule has 3 heterocycles. The van der Waals surface area contributed by atoms with Crippen molar-refractivity contribution in [3.05, 3.63) is 70.5 Å². The fourth-order valence-electron chi connectivity index (χ4n) is 4.50. The Morgan fingerprint density at radius 3 is 2.35 bits per heavy atom. The molecule has 2 aliphatic rings. The number of ether oxygens (including phenoxy) is 2. The summed E-state index contributed by atoms with van der Waals surface area (Å²) in [5, 5.41) is 7.11. The molecule has 1 unspecified atom stereocenters. The zero-order valence-electron chi connectivity index (χ0n) is 22.5. The minimum atomic E-state index is -0.688. The molecule has 0 spiro atoms. The van der Waals surface area contributed by atoms with Gasteiger partial charge in [-0.05, 0) is 68.9 Å². The Hall–Kier alpha value is -3.96. The van der Waals surface area contributed by atoms with Crippen LogP contribution in [0.1, 0.15) is 17.0 Å². The number of nitrogens with zero attached hydrogens (tertiary/aromatic N) is 5. The predicted octanol–water partition coefficient (Wildman–Crippen LogP) is 4.20. The molecule has 3 aromatic rings. The fraction of sp³-hybridized carbons (Fsp3) is 0.321. The Morgan fingerprint density at radius 2 is 1.65 bits per heavy atom. The van der Waals surface area contributed by atoms with E-state index >= 15 is 0 Å². The molecule has 1 saturated heterocycles. The number of amides is 1. The first-order valence-electron chi connectivity index (χ1n) is 12.9. The van der Waals surface area contributed by atoms with E-state index in [9.17, 15) is 4.79 Å². The van der Waals surface area contributed by atoms with Crippen LogP contribution in [0.4, 0.5) is 11.6 Å². The van der Waals surface area contributed by atoms with E-state index in [2.05, 4.69) is 25.6 Å². The number of nitrogens with one attached hydrogen (secondary N) is 2. The average molecular weight is 580 g/mol. The summed E-state index contributed by atoms with van der Waals surface area (Å²) in [6, 6.07) is 14.9. The van der Waals surface area contributed by atoms with Crippen LogP contribution in [-0.4, -0.2) is 75.6 Å². The van der Waals surface area contributed by atoms with Crippen molar-refractivity contribution in [3.63, 3.8) is 0 Å². The number of aliphatic imine (C=N–C) groups is 1. The first-order valence-corrected chi connectivity index (χ1v) is 13.7. The van der Waals surface area contributed by atoms with Crippen LogP contribution in [0.25, 0.3) is 0 Å². The Balaban J connectivity index is 1.29. The van der Waals surface area contributed by atoms with Crippen molar-refractivity contribution in [2.45, 2.75) is 26.9 Å². The van der Waals surface area contributed by atoms with Gasteiger partial charge in [0.2, 0.25) is 23.1 Å². The van der Waals surface area contributed by atoms with E-state index in [0.717, 1.165) is 17.0 Å². The number of aromatic nitrogens is 2. The van der Waals surface area contributed by atoms with Gasteiger partial charge in [-0.15, -0.1) is 0 Å². The number of aryl methyl sites for hydroxylation is 3. The van der Waals surface area contributed by atoms with Crippen LogP contribution in [0, 0.1) is 20.8 Å². The number of piperazine rings is 1. The van der Waals surface area contributed by atoms with Crippen LogP contribution in [0.3, 0.4) is 0 Å². The smallest absolute Gasteiger partial charge is 0.267 e. The number of carbonyl (C=O) groups is 1. The first kappa shape index (κ1) is 27.6. The highest BCUT2D eigenvalue weighted by atomic mass is 35.5. The number of halogens is 1. The average Bonchev–Trinajstić information content (AvgIpc) is 2.93. The summed E-state index contributed by atoms with van der Waals surface area (Å²) >= 11 is 12.0. The second kappa shape index (κ2) is 12.1. The van der Waals surface area contributed by atoms with Crippen LogP contribution >= 0.6 is 23.8 Å². The molecule has 1 aromatic heterocycles. The zero-order valence-corrected chi connectivity index (χ0v) is 24.1. The lowest BCUT2D eigenvalue weighted by Crippen LogP contribution is -2.56. The monoisotopic (exact) mass is 579 g/mol. The molecule has 0 radical (unpaired) electrons. The lowest BCUT2D eigenvalue weighted by atomic mass is 10.2. The number of hydrogen-bond donors (Lipinski definition) is 2. The summed E-state index contributed by atoms with van der Waals surface area (Å²) in [4.78, 5) is 30.7. The van der Waals surface area contributed by atoms with Crippen molar-refractivity contribution in [2.75, 3.05) is 43.4 Å². The molecule has 10 nitrogen and oxygen atoms in total. The zero-order chi connectivity index (χ0) is 28.2. The third-order valence-corrected chi connectivity index (χ3v) is 6.96. The van der Waals surface area contributed by atoms with Gasteiger partial charge in [0.25, 0.3) is 5.91 Å². The Bertz CT molecular complexity index is 1440. The van der Waals surface area contributed by atoms with Crippen LogP contribution in [0.2, 0.25) is 5.02 Å². The Morgan fingerprint density at radius 1 is 0.975 bits per heavy atom. The maximum Gasteiger partial charge on any atom is 0.267 e. The van der Waals surface area contributed by atoms with Crippen LogP contribution < -0.4 is 20.1 Å². The topological polar surface area (TPSA) is 104 Å². The highest BCUT2D eigenvalue weighted by molar-refractivity contribution is 7.80. The van der Waals surface area contributed by atoms with Gasteiger partial charge in [-0.2, -0.15) is 4.99 Å². The number of para-hydroxylation sites is 2. The number of thiocarbonyl (C=S) groups is 1. The standard InChI is InChI=1S/C28H30ClN7O3S/c1-17-8-9-21(20(29)14-17)32-28(40)34-27(33-26-30-18(2)15-19(3)31-26)36-12-10-35(11-13-36)25(37)24-16-38-22-6-4-5-7-23(22)39-24/h4-9,14-15,24H,10-13,16H2,1-3H3,(H2,30,31,32,33,34,40). The molecule has 12 heteroatoms. The lowest BCUT2D eigenvalue weighted by Gasteiger charge is -2.38. The maximum atomic E-state index is 13.2. The summed E-state index contributed by atoms with van der Waals surface area (Å²) in [6.07, 6.45) is -0.688. The largest absolute Gasteiger partial charge is 0.485 e. The molecule has 2 N–H and O–H groups in total. The summed E-state index contributed by atoms with van der Waals surface area (Å²) < 4.78 is 11.7. The first-order chi connectivity index (χ1) is 19.2. The Labute approximate surface area is 243 Å². The summed E-state index contributed by atoms with van der Waals surface area (Å²) in [5.41, 5.74) is 3.36. The fourth-order valence-corrected chi connectivity index (χ4v) is 4.98. The molecule has 1 fully saturated rings. The van der Waals surface area contributed by atoms with E-state index in [1.54, 1.807) is 11.0 Å². The molecule has 5 rings (SSSR count). The third kappa shape index (κ3) is 6.60. The Kier molecular flexibility index (Phi) is 8.32. The second-order valence-electron chi connectivity index (χ2n) is 9.62. The van der Waals surface area contributed by atoms with Gasteiger partial charge >= 0.3 is 0 Å². The highest BCUT2D eigenvalue weighted by Crippen LogP contribution is 2.31. The quantitative estimate of drug-likeness (QED) is 0.268. The third-order valence-electron chi connectivity index (χ3n) is 6.45. The van der Waals surface area contributed by atoms with Gasteiger partial charge in [0.1, 0.15) is 6.61 Å². The van der Waals surface area contributed by atoms with E-state index in [1.807, 2.05) is 68.1 Å². The number of guanidine groups is 1. The van der Waals surface area contributed by atoms with E-state index in [4.69, 9.17) is 33.3 Å². The van der Waals surface area contributed by atoms with Gasteiger partial charge in [0.15, 0.2) is 11.5 Å². The van der Waals surface area contributed by atoms with Gasteiger partial charge in [0.05, 0.1) is 10.7 Å². The van der Waals surface area contributed by atoms with Gasteiger partial charge < -0.3 is 24.6 Å². The van der Waals surface area contributed by atoms with Crippen LogP contribution in [0.5, 0.6) is 11.5 Å². The lowest BCUT2D eigenvalue weighted by molar-refractivity contribution is -0.142. The van der Waals surface area contributed by atoms with E-state index in [0.29, 0.717) is 60.3 Å². The maximum absolute atomic E-state index is 13.2. The molecule has 2 aliphatic heterocycles. The SMILES string of the molecule is Cc1ccc(NC(=S)/N=C(/Nc2nc(C)cc(C)n2)N2CCN(C(=O)C3COc4ccccc4O3)CC2)c(Cl)c1. The summed E-state index contributed by atoms with van der Waals surface area (Å²) in [6.45, 7) is 7.92. The second-order valence-corrected chi connectivity index (χ2v) is 10.4. The number of anilines is 2. The molecule has 0 bridgehead atoms. The van der Waals surface area contributed by atoms with Crippen molar-refractivity contribution >= 4 is 52.4 Å². The normalized spacial score (nSPS) is 16.9. The van der Waals surface area contributed by atoms with Crippen LogP contribution in [0.15, 0.2) is 53.5 Å². The molecular formula is C28H30ClN7O3S. The van der Waals surface area contributed by atoms with Gasteiger partial charge in [-0.3, -0.25) is 10.1 Å². The van der Waals surface area contributed by atoms with Gasteiger partial charge in [-0.1, -0.05) is 29.8 Å². The number of fused-ring (bicyclic) bond motifs is 1. The van der Waals surface area contributed by atoms with Crippen molar-refractivity contribution in [3.8, 4) is 11.5 Å². The van der Waals surface area contributed by atoms with Gasteiger partial charge in [-0.25, -0.2) is 9.97 Å². The molecule has 0 saturated carbocycles.